The molecule has 2 aromatic rings. The van der Waals surface area contributed by atoms with E-state index in [1.807, 2.05) is 0 Å². The lowest BCUT2D eigenvalue weighted by atomic mass is 10.0. The zero-order valence-corrected chi connectivity index (χ0v) is 17.1. The molecule has 0 radical (unpaired) electrons. The molecule has 0 unspecified atom stereocenters. The molecule has 0 fully saturated rings. The second kappa shape index (κ2) is 13.4. The number of unbranched alkanes of at least 4 members (excludes halogenated alkanes) is 14. The molecule has 1 N–H and O–H groups in total. The quantitative estimate of drug-likeness (QED) is 0.301. The van der Waals surface area contributed by atoms with Gasteiger partial charge in [-0.15, -0.1) is 11.3 Å². The number of aromatic nitrogens is 2. The minimum atomic E-state index is 1.11. The van der Waals surface area contributed by atoms with Crippen molar-refractivity contribution in [3.05, 3.63) is 16.6 Å². The second-order valence-electron chi connectivity index (χ2n) is 7.55. The van der Waals surface area contributed by atoms with Crippen molar-refractivity contribution >= 4 is 22.4 Å². The van der Waals surface area contributed by atoms with E-state index in [1.165, 1.54) is 108 Å². The maximum atomic E-state index is 4.63. The van der Waals surface area contributed by atoms with Crippen LogP contribution < -0.4 is 0 Å². The van der Waals surface area contributed by atoms with Crippen LogP contribution in [0, 0.1) is 0 Å². The number of hydrogen-bond donors (Lipinski definition) is 1. The average molecular weight is 363 g/mol. The number of H-pyrrole nitrogens is 1. The highest BCUT2D eigenvalue weighted by Crippen LogP contribution is 2.18. The Morgan fingerprint density at radius 2 is 1.24 bits per heavy atom. The zero-order chi connectivity index (χ0) is 17.6. The molecule has 142 valence electrons. The van der Waals surface area contributed by atoms with Gasteiger partial charge in [0.25, 0.3) is 0 Å². The Labute approximate surface area is 158 Å². The van der Waals surface area contributed by atoms with E-state index in [2.05, 4.69) is 27.7 Å². The van der Waals surface area contributed by atoms with Crippen LogP contribution in [0.25, 0.3) is 11.0 Å². The fraction of sp³-hybridized carbons (Fsp3) is 0.773. The number of nitrogens with one attached hydrogen (secondary N) is 1. The molecule has 0 saturated heterocycles. The number of aryl methyl sites for hydroxylation is 1. The van der Waals surface area contributed by atoms with Crippen molar-refractivity contribution in [3.8, 4) is 0 Å². The monoisotopic (exact) mass is 362 g/mol. The van der Waals surface area contributed by atoms with Crippen LogP contribution in [0.15, 0.2) is 10.8 Å². The largest absolute Gasteiger partial charge is 0.341 e. The first-order valence-electron chi connectivity index (χ1n) is 10.8. The van der Waals surface area contributed by atoms with Crippen LogP contribution in [0.2, 0.25) is 0 Å². The third-order valence-electron chi connectivity index (χ3n) is 5.19. The molecule has 0 aromatic carbocycles. The number of nitrogens with zero attached hydrogens (tertiary/aromatic N) is 1. The van der Waals surface area contributed by atoms with Gasteiger partial charge in [0.1, 0.15) is 5.82 Å². The van der Waals surface area contributed by atoms with Crippen LogP contribution in [0.3, 0.4) is 0 Å². The number of hydrogen-bond acceptors (Lipinski definition) is 2. The van der Waals surface area contributed by atoms with Gasteiger partial charge in [-0.25, -0.2) is 4.98 Å². The minimum absolute atomic E-state index is 1.11. The topological polar surface area (TPSA) is 28.7 Å². The van der Waals surface area contributed by atoms with E-state index in [-0.39, 0.29) is 0 Å². The molecule has 2 aromatic heterocycles. The number of rotatable bonds is 16. The summed E-state index contributed by atoms with van der Waals surface area (Å²) in [6.45, 7) is 2.29. The van der Waals surface area contributed by atoms with Gasteiger partial charge >= 0.3 is 0 Å². The lowest BCUT2D eigenvalue weighted by Gasteiger charge is -2.03. The first-order chi connectivity index (χ1) is 12.4. The first-order valence-corrected chi connectivity index (χ1v) is 11.7. The zero-order valence-electron chi connectivity index (χ0n) is 16.3. The summed E-state index contributed by atoms with van der Waals surface area (Å²) in [6.07, 6.45) is 22.5. The Balaban J connectivity index is 1.30. The molecule has 25 heavy (non-hydrogen) atoms. The van der Waals surface area contributed by atoms with E-state index in [4.69, 9.17) is 0 Å². The standard InChI is InChI=1S/C22H38N2S/c1-2-3-4-5-6-7-8-9-10-11-12-13-14-15-16-17-22-23-20-18-25-19-21(20)24-22/h18-19H,2-17H2,1H3,(H,23,24). The van der Waals surface area contributed by atoms with Crippen LogP contribution in [0.1, 0.15) is 109 Å². The number of thiophene rings is 1. The smallest absolute Gasteiger partial charge is 0.107 e. The summed E-state index contributed by atoms with van der Waals surface area (Å²) in [4.78, 5) is 8.06. The van der Waals surface area contributed by atoms with Gasteiger partial charge in [-0.2, -0.15) is 0 Å². The lowest BCUT2D eigenvalue weighted by Crippen LogP contribution is -1.89. The molecular weight excluding hydrogens is 324 g/mol. The summed E-state index contributed by atoms with van der Waals surface area (Å²) >= 11 is 1.72. The first kappa shape index (κ1) is 20.5. The molecule has 0 aliphatic carbocycles. The highest BCUT2D eigenvalue weighted by molar-refractivity contribution is 7.09. The maximum absolute atomic E-state index is 4.63. The van der Waals surface area contributed by atoms with Crippen molar-refractivity contribution in [2.75, 3.05) is 0 Å². The van der Waals surface area contributed by atoms with Crippen LogP contribution in [-0.4, -0.2) is 9.97 Å². The summed E-state index contributed by atoms with van der Waals surface area (Å²) in [7, 11) is 0. The molecule has 2 heterocycles. The van der Waals surface area contributed by atoms with Gasteiger partial charge in [0, 0.05) is 17.2 Å². The summed E-state index contributed by atoms with van der Waals surface area (Å²) in [5.74, 6) is 1.17. The summed E-state index contributed by atoms with van der Waals surface area (Å²) < 4.78 is 0. The van der Waals surface area contributed by atoms with Crippen LogP contribution in [0.5, 0.6) is 0 Å². The van der Waals surface area contributed by atoms with Gasteiger partial charge in [-0.3, -0.25) is 0 Å². The Kier molecular flexibility index (Phi) is 11.0. The molecule has 0 aliphatic heterocycles. The fourth-order valence-electron chi connectivity index (χ4n) is 3.58. The van der Waals surface area contributed by atoms with Crippen molar-refractivity contribution in [2.45, 2.75) is 110 Å². The maximum Gasteiger partial charge on any atom is 0.107 e. The number of fused-ring (bicyclic) bond motifs is 1. The molecule has 0 aliphatic rings. The SMILES string of the molecule is CCCCCCCCCCCCCCCCCc1nc2cscc2[nH]1. The van der Waals surface area contributed by atoms with E-state index in [0.29, 0.717) is 0 Å². The lowest BCUT2D eigenvalue weighted by molar-refractivity contribution is 0.531. The van der Waals surface area contributed by atoms with Gasteiger partial charge < -0.3 is 4.98 Å². The normalized spacial score (nSPS) is 11.6. The van der Waals surface area contributed by atoms with Crippen molar-refractivity contribution in [3.63, 3.8) is 0 Å². The van der Waals surface area contributed by atoms with E-state index < -0.39 is 0 Å². The van der Waals surface area contributed by atoms with Gasteiger partial charge in [-0.05, 0) is 6.42 Å². The van der Waals surface area contributed by atoms with Gasteiger partial charge in [0.15, 0.2) is 0 Å². The number of aromatic amines is 1. The Hall–Kier alpha value is -0.830. The molecule has 3 heteroatoms. The predicted molar refractivity (Wildman–Crippen MR) is 113 cm³/mol. The van der Waals surface area contributed by atoms with E-state index in [9.17, 15) is 0 Å². The van der Waals surface area contributed by atoms with Crippen molar-refractivity contribution in [2.24, 2.45) is 0 Å². The number of imidazole rings is 1. The van der Waals surface area contributed by atoms with Crippen LogP contribution in [-0.2, 0) is 6.42 Å². The van der Waals surface area contributed by atoms with Gasteiger partial charge in [0.2, 0.25) is 0 Å². The van der Waals surface area contributed by atoms with Crippen molar-refractivity contribution in [1.29, 1.82) is 0 Å². The Morgan fingerprint density at radius 3 is 1.76 bits per heavy atom. The third kappa shape index (κ3) is 8.89. The van der Waals surface area contributed by atoms with E-state index >= 15 is 0 Å². The molecule has 0 amide bonds. The highest BCUT2D eigenvalue weighted by atomic mass is 32.1. The summed E-state index contributed by atoms with van der Waals surface area (Å²) in [5, 5.41) is 4.28. The summed E-state index contributed by atoms with van der Waals surface area (Å²) in [5.41, 5.74) is 2.35. The van der Waals surface area contributed by atoms with E-state index in [1.54, 1.807) is 11.3 Å². The van der Waals surface area contributed by atoms with Crippen molar-refractivity contribution < 1.29 is 0 Å². The predicted octanol–water partition coefficient (Wildman–Crippen LogP) is 8.04. The molecule has 0 bridgehead atoms. The Bertz CT molecular complexity index is 514. The average Bonchev–Trinajstić information content (AvgIpc) is 3.20. The van der Waals surface area contributed by atoms with Crippen molar-refractivity contribution in [1.82, 2.24) is 9.97 Å². The minimum Gasteiger partial charge on any atom is -0.341 e. The van der Waals surface area contributed by atoms with Crippen LogP contribution in [0.4, 0.5) is 0 Å². The fourth-order valence-corrected chi connectivity index (χ4v) is 4.27. The summed E-state index contributed by atoms with van der Waals surface area (Å²) in [6, 6.07) is 0. The molecule has 0 spiro atoms. The molecule has 0 atom stereocenters. The Morgan fingerprint density at radius 1 is 0.720 bits per heavy atom. The van der Waals surface area contributed by atoms with Gasteiger partial charge in [-0.1, -0.05) is 96.8 Å². The molecule has 2 nitrogen and oxygen atoms in total. The molecule has 2 rings (SSSR count). The molecular formula is C22H38N2S. The van der Waals surface area contributed by atoms with Crippen LogP contribution >= 0.6 is 11.3 Å². The highest BCUT2D eigenvalue weighted by Gasteiger charge is 2.02. The van der Waals surface area contributed by atoms with Gasteiger partial charge in [0.05, 0.1) is 11.0 Å². The molecule has 0 saturated carbocycles. The second-order valence-corrected chi connectivity index (χ2v) is 8.30. The van der Waals surface area contributed by atoms with E-state index in [0.717, 1.165) is 11.9 Å². The third-order valence-corrected chi connectivity index (χ3v) is 5.92.